The van der Waals surface area contributed by atoms with Crippen molar-refractivity contribution in [2.45, 2.75) is 52.1 Å². The Morgan fingerprint density at radius 1 is 1.00 bits per heavy atom. The van der Waals surface area contributed by atoms with Crippen LogP contribution in [0.3, 0.4) is 0 Å². The summed E-state index contributed by atoms with van der Waals surface area (Å²) >= 11 is 0. The van der Waals surface area contributed by atoms with Gasteiger partial charge in [0.2, 0.25) is 12.3 Å². The van der Waals surface area contributed by atoms with E-state index >= 15 is 0 Å². The van der Waals surface area contributed by atoms with Crippen LogP contribution in [0.1, 0.15) is 67.1 Å². The molecule has 10 nitrogen and oxygen atoms in total. The maximum absolute atomic E-state index is 13.0. The van der Waals surface area contributed by atoms with Crippen molar-refractivity contribution in [2.75, 3.05) is 20.3 Å². The van der Waals surface area contributed by atoms with Crippen LogP contribution >= 0.6 is 0 Å². The zero-order valence-corrected chi connectivity index (χ0v) is 24.3. The largest absolute Gasteiger partial charge is 0.469 e. The number of nitrogens with zero attached hydrogens (tertiary/aromatic N) is 1. The first-order valence-electron chi connectivity index (χ1n) is 14.1. The first kappa shape index (κ1) is 32.1. The fourth-order valence-electron chi connectivity index (χ4n) is 4.35. The van der Waals surface area contributed by atoms with Crippen LogP contribution in [0.2, 0.25) is 0 Å². The number of carbonyl (C=O) groups is 4. The van der Waals surface area contributed by atoms with Gasteiger partial charge in [0, 0.05) is 5.56 Å². The molecule has 2 atom stereocenters. The zero-order valence-electron chi connectivity index (χ0n) is 24.3. The van der Waals surface area contributed by atoms with Crippen molar-refractivity contribution in [1.29, 1.82) is 0 Å². The number of hydroxylamine groups is 2. The van der Waals surface area contributed by atoms with E-state index < -0.39 is 17.7 Å². The lowest BCUT2D eigenvalue weighted by Crippen LogP contribution is -2.43. The quantitative estimate of drug-likeness (QED) is 0.0775. The van der Waals surface area contributed by atoms with Crippen LogP contribution in [0, 0.1) is 5.92 Å². The first-order chi connectivity index (χ1) is 20.4. The maximum Gasteiger partial charge on any atom is 0.312 e. The summed E-state index contributed by atoms with van der Waals surface area (Å²) < 4.78 is 10.6. The van der Waals surface area contributed by atoms with Gasteiger partial charge in [-0.25, -0.2) is 5.06 Å². The van der Waals surface area contributed by atoms with Crippen LogP contribution in [0.5, 0.6) is 0 Å². The summed E-state index contributed by atoms with van der Waals surface area (Å²) in [5, 5.41) is 6.52. The van der Waals surface area contributed by atoms with E-state index in [4.69, 9.17) is 14.0 Å². The lowest BCUT2D eigenvalue weighted by molar-refractivity contribution is -0.182. The molecule has 0 bridgehead atoms. The van der Waals surface area contributed by atoms with E-state index in [1.54, 1.807) is 25.1 Å². The molecule has 2 N–H and O–H groups in total. The van der Waals surface area contributed by atoms with Gasteiger partial charge in [-0.05, 0) is 42.7 Å². The van der Waals surface area contributed by atoms with Crippen molar-refractivity contribution >= 4 is 24.2 Å². The van der Waals surface area contributed by atoms with Crippen molar-refractivity contribution < 1.29 is 33.2 Å². The number of nitrogens with one attached hydrogen (secondary N) is 2. The summed E-state index contributed by atoms with van der Waals surface area (Å²) in [7, 11) is 1.34. The Labute approximate surface area is 246 Å². The fourth-order valence-corrected chi connectivity index (χ4v) is 4.35. The van der Waals surface area contributed by atoms with E-state index in [2.05, 4.69) is 17.6 Å². The SMILES string of the molecule is CCCCCC(CN(C=O)OCc1ccccc1)C(=O)NCNC(=O)c1ccc(-c2cccc(C(C)C(=O)OC)c2)o1. The van der Waals surface area contributed by atoms with E-state index in [1.807, 2.05) is 48.5 Å². The maximum atomic E-state index is 13.0. The summed E-state index contributed by atoms with van der Waals surface area (Å²) in [5.74, 6) is -1.56. The molecule has 2 aromatic carbocycles. The average Bonchev–Trinajstić information content (AvgIpc) is 3.53. The average molecular weight is 578 g/mol. The summed E-state index contributed by atoms with van der Waals surface area (Å²) in [6.07, 6.45) is 3.91. The van der Waals surface area contributed by atoms with Crippen molar-refractivity contribution in [3.63, 3.8) is 0 Å². The molecule has 10 heteroatoms. The molecule has 1 heterocycles. The van der Waals surface area contributed by atoms with E-state index in [1.165, 1.54) is 7.11 Å². The van der Waals surface area contributed by atoms with Crippen LogP contribution in [0.4, 0.5) is 0 Å². The lowest BCUT2D eigenvalue weighted by Gasteiger charge is -2.23. The second kappa shape index (κ2) is 16.7. The van der Waals surface area contributed by atoms with Gasteiger partial charge in [0.05, 0.1) is 32.2 Å². The van der Waals surface area contributed by atoms with E-state index in [-0.39, 0.29) is 37.5 Å². The summed E-state index contributed by atoms with van der Waals surface area (Å²) in [6, 6.07) is 19.9. The molecule has 0 aliphatic carbocycles. The predicted molar refractivity (Wildman–Crippen MR) is 157 cm³/mol. The van der Waals surface area contributed by atoms with Crippen LogP contribution in [0.15, 0.2) is 71.1 Å². The highest BCUT2D eigenvalue weighted by Gasteiger charge is 2.22. The van der Waals surface area contributed by atoms with Crippen molar-refractivity contribution in [2.24, 2.45) is 5.92 Å². The number of rotatable bonds is 17. The molecule has 1 aromatic heterocycles. The lowest BCUT2D eigenvalue weighted by atomic mass is 9.98. The van der Waals surface area contributed by atoms with Gasteiger partial charge in [-0.2, -0.15) is 0 Å². The smallest absolute Gasteiger partial charge is 0.312 e. The van der Waals surface area contributed by atoms with Crippen molar-refractivity contribution in [3.8, 4) is 11.3 Å². The number of ether oxygens (including phenoxy) is 1. The molecule has 3 amide bonds. The number of esters is 1. The summed E-state index contributed by atoms with van der Waals surface area (Å²) in [4.78, 5) is 54.9. The molecular formula is C32H39N3O7. The minimum atomic E-state index is -0.510. The molecule has 0 saturated heterocycles. The number of benzene rings is 2. The third kappa shape index (κ3) is 9.59. The van der Waals surface area contributed by atoms with E-state index in [0.29, 0.717) is 24.2 Å². The minimum absolute atomic E-state index is 0.0756. The second-order valence-corrected chi connectivity index (χ2v) is 9.91. The highest BCUT2D eigenvalue weighted by Crippen LogP contribution is 2.26. The van der Waals surface area contributed by atoms with E-state index in [9.17, 15) is 19.2 Å². The second-order valence-electron chi connectivity index (χ2n) is 9.91. The molecule has 3 rings (SSSR count). The van der Waals surface area contributed by atoms with Gasteiger partial charge in [0.1, 0.15) is 12.4 Å². The standard InChI is InChI=1S/C32H39N3O7/c1-4-5-7-13-27(19-35(22-36)41-20-24-11-8-6-9-12-24)30(37)33-21-34-31(38)29-17-16-28(42-29)26-15-10-14-25(18-26)23(2)32(39)40-3/h6,8-12,14-18,22-23,27H,4-5,7,13,19-21H2,1-3H3,(H,33,37)(H,34,38). The third-order valence-corrected chi connectivity index (χ3v) is 6.85. The minimum Gasteiger partial charge on any atom is -0.469 e. The molecule has 3 aromatic rings. The number of furan rings is 1. The molecule has 0 spiro atoms. The van der Waals surface area contributed by atoms with Gasteiger partial charge in [-0.1, -0.05) is 74.7 Å². The fraction of sp³-hybridized carbons (Fsp3) is 0.375. The molecule has 0 aliphatic heterocycles. The number of unbranched alkanes of at least 4 members (excludes halogenated alkanes) is 2. The van der Waals surface area contributed by atoms with Crippen molar-refractivity contribution in [3.05, 3.63) is 83.6 Å². The monoisotopic (exact) mass is 577 g/mol. The Hall–Kier alpha value is -4.44. The van der Waals surface area contributed by atoms with Crippen molar-refractivity contribution in [1.82, 2.24) is 15.7 Å². The predicted octanol–water partition coefficient (Wildman–Crippen LogP) is 4.81. The van der Waals surface area contributed by atoms with Gasteiger partial charge >= 0.3 is 5.97 Å². The summed E-state index contributed by atoms with van der Waals surface area (Å²) in [6.45, 7) is 4.01. The Morgan fingerprint density at radius 2 is 1.79 bits per heavy atom. The van der Waals surface area contributed by atoms with Gasteiger partial charge < -0.3 is 19.8 Å². The number of hydrogen-bond acceptors (Lipinski definition) is 7. The molecule has 2 unspecified atom stereocenters. The highest BCUT2D eigenvalue weighted by atomic mass is 16.7. The molecule has 0 fully saturated rings. The first-order valence-corrected chi connectivity index (χ1v) is 14.1. The van der Waals surface area contributed by atoms with Gasteiger partial charge in [0.15, 0.2) is 5.76 Å². The normalized spacial score (nSPS) is 12.2. The molecule has 0 saturated carbocycles. The number of hydrogen-bond donors (Lipinski definition) is 2. The summed E-state index contributed by atoms with van der Waals surface area (Å²) in [5.41, 5.74) is 2.37. The van der Waals surface area contributed by atoms with Gasteiger partial charge in [-0.3, -0.25) is 24.0 Å². The van der Waals surface area contributed by atoms with Crippen LogP contribution in [-0.4, -0.2) is 49.6 Å². The van der Waals surface area contributed by atoms with Crippen LogP contribution in [-0.2, 0) is 30.6 Å². The van der Waals surface area contributed by atoms with Crippen LogP contribution in [0.25, 0.3) is 11.3 Å². The highest BCUT2D eigenvalue weighted by molar-refractivity contribution is 5.92. The molecule has 0 aliphatic rings. The Balaban J connectivity index is 1.55. The molecule has 0 radical (unpaired) electrons. The molecular weight excluding hydrogens is 538 g/mol. The number of amides is 3. The van der Waals surface area contributed by atoms with E-state index in [0.717, 1.165) is 35.5 Å². The number of carbonyl (C=O) groups excluding carboxylic acids is 4. The van der Waals surface area contributed by atoms with Gasteiger partial charge in [-0.15, -0.1) is 0 Å². The number of methoxy groups -OCH3 is 1. The third-order valence-electron chi connectivity index (χ3n) is 6.85. The zero-order chi connectivity index (χ0) is 30.3. The van der Waals surface area contributed by atoms with Gasteiger partial charge in [0.25, 0.3) is 5.91 Å². The molecule has 42 heavy (non-hydrogen) atoms. The van der Waals surface area contributed by atoms with Crippen LogP contribution < -0.4 is 10.6 Å². The Morgan fingerprint density at radius 3 is 2.50 bits per heavy atom. The molecule has 224 valence electrons. The topological polar surface area (TPSA) is 127 Å². The Bertz CT molecular complexity index is 1310. The Kier molecular flexibility index (Phi) is 12.8.